The summed E-state index contributed by atoms with van der Waals surface area (Å²) >= 11 is 7.42. The van der Waals surface area contributed by atoms with Crippen molar-refractivity contribution < 1.29 is 0 Å². The Bertz CT molecular complexity index is 639. The topological polar surface area (TPSA) is 0 Å². The molecule has 1 aliphatic rings. The first kappa shape index (κ1) is 11.7. The Labute approximate surface area is 117 Å². The molecule has 0 nitrogen and oxygen atoms in total. The zero-order chi connectivity index (χ0) is 12.5. The fraction of sp³-hybridized carbons (Fsp3) is 0.0625. The number of allylic oxidation sites excluding steroid dienone is 1. The van der Waals surface area contributed by atoms with Gasteiger partial charge in [-0.3, -0.25) is 0 Å². The number of thioether (sulfide) groups is 1. The van der Waals surface area contributed by atoms with Gasteiger partial charge in [-0.25, -0.2) is 0 Å². The van der Waals surface area contributed by atoms with Crippen molar-refractivity contribution in [2.45, 2.75) is 0 Å². The van der Waals surface area contributed by atoms with Gasteiger partial charge in [0.15, 0.2) is 0 Å². The summed E-state index contributed by atoms with van der Waals surface area (Å²) < 4.78 is 0. The van der Waals surface area contributed by atoms with Crippen LogP contribution in [0.15, 0.2) is 54.6 Å². The van der Waals surface area contributed by atoms with Crippen LogP contribution in [0.5, 0.6) is 0 Å². The zero-order valence-electron chi connectivity index (χ0n) is 10.0. The summed E-state index contributed by atoms with van der Waals surface area (Å²) in [7, 11) is 0. The molecule has 0 bridgehead atoms. The van der Waals surface area contributed by atoms with E-state index >= 15 is 0 Å². The third kappa shape index (κ3) is 1.73. The Morgan fingerprint density at radius 1 is 0.833 bits per heavy atom. The molecule has 3 rings (SSSR count). The van der Waals surface area contributed by atoms with Gasteiger partial charge in [-0.05, 0) is 17.4 Å². The van der Waals surface area contributed by atoms with Crippen LogP contribution >= 0.6 is 24.0 Å². The van der Waals surface area contributed by atoms with Crippen molar-refractivity contribution >= 4 is 39.3 Å². The second-order valence-corrected chi connectivity index (χ2v) is 5.37. The molecule has 2 aromatic carbocycles. The number of benzene rings is 2. The van der Waals surface area contributed by atoms with E-state index in [4.69, 9.17) is 12.2 Å². The molecule has 2 aromatic rings. The minimum absolute atomic E-state index is 0.973. The van der Waals surface area contributed by atoms with Gasteiger partial charge in [-0.1, -0.05) is 66.8 Å². The zero-order valence-corrected chi connectivity index (χ0v) is 11.6. The first-order valence-electron chi connectivity index (χ1n) is 5.80. The van der Waals surface area contributed by atoms with E-state index in [9.17, 15) is 0 Å². The molecule has 0 heterocycles. The van der Waals surface area contributed by atoms with E-state index in [0.29, 0.717) is 0 Å². The molecule has 0 N–H and O–H groups in total. The maximum absolute atomic E-state index is 5.65. The molecule has 1 aliphatic carbocycles. The molecule has 0 saturated heterocycles. The fourth-order valence-electron chi connectivity index (χ4n) is 2.33. The Morgan fingerprint density at radius 2 is 1.44 bits per heavy atom. The number of hydrogen-bond acceptors (Lipinski definition) is 2. The van der Waals surface area contributed by atoms with Gasteiger partial charge in [-0.2, -0.15) is 0 Å². The lowest BCUT2D eigenvalue weighted by atomic mass is 10.0. The molecule has 2 heteroatoms. The predicted octanol–water partition coefficient (Wildman–Crippen LogP) is 4.65. The predicted molar refractivity (Wildman–Crippen MR) is 84.9 cm³/mol. The maximum Gasteiger partial charge on any atom is 0.0545 e. The average Bonchev–Trinajstić information content (AvgIpc) is 2.73. The molecule has 0 atom stereocenters. The quantitative estimate of drug-likeness (QED) is 0.727. The lowest BCUT2D eigenvalue weighted by Crippen LogP contribution is -1.96. The summed E-state index contributed by atoms with van der Waals surface area (Å²) in [5.41, 5.74) is 4.88. The summed E-state index contributed by atoms with van der Waals surface area (Å²) in [6.07, 6.45) is 2.11. The SMILES string of the molecule is CSC1=C(c2ccccc2)C(=S)c2ccccc21. The van der Waals surface area contributed by atoms with Gasteiger partial charge in [-0.15, -0.1) is 11.8 Å². The molecule has 0 spiro atoms. The van der Waals surface area contributed by atoms with Crippen LogP contribution in [-0.4, -0.2) is 11.1 Å². The van der Waals surface area contributed by atoms with Crippen molar-refractivity contribution in [3.8, 4) is 0 Å². The summed E-state index contributed by atoms with van der Waals surface area (Å²) in [4.78, 5) is 2.27. The molecule has 0 saturated carbocycles. The number of hydrogen-bond donors (Lipinski definition) is 0. The van der Waals surface area contributed by atoms with Crippen molar-refractivity contribution in [2.24, 2.45) is 0 Å². The third-order valence-corrected chi connectivity index (χ3v) is 4.39. The monoisotopic (exact) mass is 268 g/mol. The van der Waals surface area contributed by atoms with E-state index in [1.807, 2.05) is 6.07 Å². The maximum atomic E-state index is 5.65. The molecule has 0 amide bonds. The van der Waals surface area contributed by atoms with Crippen LogP contribution < -0.4 is 0 Å². The minimum atomic E-state index is 0.973. The fourth-order valence-corrected chi connectivity index (χ4v) is 3.62. The number of thiocarbonyl (C=S) groups is 1. The van der Waals surface area contributed by atoms with E-state index in [1.165, 1.54) is 27.2 Å². The molecule has 18 heavy (non-hydrogen) atoms. The first-order valence-corrected chi connectivity index (χ1v) is 7.44. The highest BCUT2D eigenvalue weighted by molar-refractivity contribution is 8.08. The van der Waals surface area contributed by atoms with E-state index in [2.05, 4.69) is 54.8 Å². The second-order valence-electron chi connectivity index (χ2n) is 4.15. The van der Waals surface area contributed by atoms with Crippen LogP contribution in [-0.2, 0) is 0 Å². The second kappa shape index (κ2) is 4.71. The molecular formula is C16H12S2. The van der Waals surface area contributed by atoms with Crippen molar-refractivity contribution in [1.29, 1.82) is 0 Å². The Morgan fingerprint density at radius 3 is 2.11 bits per heavy atom. The van der Waals surface area contributed by atoms with Gasteiger partial charge in [0.25, 0.3) is 0 Å². The molecule has 0 unspecified atom stereocenters. The van der Waals surface area contributed by atoms with Crippen molar-refractivity contribution in [1.82, 2.24) is 0 Å². The van der Waals surface area contributed by atoms with Crippen LogP contribution in [0.25, 0.3) is 10.5 Å². The van der Waals surface area contributed by atoms with Crippen LogP contribution in [0.4, 0.5) is 0 Å². The molecule has 0 radical (unpaired) electrons. The molecular weight excluding hydrogens is 256 g/mol. The van der Waals surface area contributed by atoms with E-state index in [0.717, 1.165) is 4.86 Å². The molecule has 0 fully saturated rings. The van der Waals surface area contributed by atoms with Crippen molar-refractivity contribution in [3.05, 3.63) is 71.3 Å². The third-order valence-electron chi connectivity index (χ3n) is 3.14. The van der Waals surface area contributed by atoms with Crippen LogP contribution in [0, 0.1) is 0 Å². The molecule has 88 valence electrons. The van der Waals surface area contributed by atoms with Gasteiger partial charge in [0.05, 0.1) is 4.86 Å². The largest absolute Gasteiger partial charge is 0.128 e. The van der Waals surface area contributed by atoms with E-state index in [1.54, 1.807) is 11.8 Å². The summed E-state index contributed by atoms with van der Waals surface area (Å²) in [5, 5.41) is 0. The van der Waals surface area contributed by atoms with Crippen LogP contribution in [0.1, 0.15) is 16.7 Å². The standard InChI is InChI=1S/C16H12S2/c1-18-16-13-10-6-5-9-12(13)15(17)14(16)11-7-3-2-4-8-11/h2-10H,1H3. The van der Waals surface area contributed by atoms with Gasteiger partial charge in [0.2, 0.25) is 0 Å². The number of rotatable bonds is 2. The lowest BCUT2D eigenvalue weighted by molar-refractivity contribution is 1.64. The van der Waals surface area contributed by atoms with E-state index < -0.39 is 0 Å². The molecule has 0 aromatic heterocycles. The van der Waals surface area contributed by atoms with Crippen LogP contribution in [0.2, 0.25) is 0 Å². The van der Waals surface area contributed by atoms with Crippen molar-refractivity contribution in [2.75, 3.05) is 6.26 Å². The van der Waals surface area contributed by atoms with Gasteiger partial charge >= 0.3 is 0 Å². The average molecular weight is 268 g/mol. The highest BCUT2D eigenvalue weighted by Gasteiger charge is 2.26. The Balaban J connectivity index is 2.24. The normalized spacial score (nSPS) is 13.9. The highest BCUT2D eigenvalue weighted by atomic mass is 32.2. The summed E-state index contributed by atoms with van der Waals surface area (Å²) in [5.74, 6) is 0. The summed E-state index contributed by atoms with van der Waals surface area (Å²) in [6.45, 7) is 0. The van der Waals surface area contributed by atoms with Gasteiger partial charge < -0.3 is 0 Å². The smallest absolute Gasteiger partial charge is 0.0545 e. The highest BCUT2D eigenvalue weighted by Crippen LogP contribution is 2.43. The molecule has 0 aliphatic heterocycles. The van der Waals surface area contributed by atoms with Gasteiger partial charge in [0.1, 0.15) is 0 Å². The number of fused-ring (bicyclic) bond motifs is 1. The minimum Gasteiger partial charge on any atom is -0.128 e. The van der Waals surface area contributed by atoms with E-state index in [-0.39, 0.29) is 0 Å². The van der Waals surface area contributed by atoms with Crippen molar-refractivity contribution in [3.63, 3.8) is 0 Å². The Kier molecular flexibility index (Phi) is 3.06. The lowest BCUT2D eigenvalue weighted by Gasteiger charge is -2.05. The Hall–Kier alpha value is -1.38. The first-order chi connectivity index (χ1) is 8.83. The van der Waals surface area contributed by atoms with Crippen LogP contribution in [0.3, 0.4) is 0 Å². The summed E-state index contributed by atoms with van der Waals surface area (Å²) in [6, 6.07) is 18.8. The van der Waals surface area contributed by atoms with Gasteiger partial charge in [0, 0.05) is 16.0 Å².